The van der Waals surface area contributed by atoms with E-state index < -0.39 is 11.4 Å². The van der Waals surface area contributed by atoms with E-state index in [1.165, 1.54) is 12.8 Å². The summed E-state index contributed by atoms with van der Waals surface area (Å²) in [5.74, 6) is 0.00278. The Balaban J connectivity index is 1.59. The summed E-state index contributed by atoms with van der Waals surface area (Å²) >= 11 is 0. The highest BCUT2D eigenvalue weighted by atomic mass is 16.4. The molecule has 2 saturated carbocycles. The average Bonchev–Trinajstić information content (AvgIpc) is 2.96. The van der Waals surface area contributed by atoms with Gasteiger partial charge in [-0.15, -0.1) is 0 Å². The standard InChI is InChI=1S/C16H26N2O3/c1-11(2)15(6-7-15)9-17-14(21)18-8-12-4-3-5-16(12,10-18)13(19)20/h11-12H,3-10H2,1-2H3,(H,17,21)(H,19,20)/t12-,16+/m0/s1. The SMILES string of the molecule is CC(C)C1(CNC(=O)N2C[C@@H]3CCC[C@@]3(C(=O)O)C2)CC1. The van der Waals surface area contributed by atoms with Crippen LogP contribution >= 0.6 is 0 Å². The fourth-order valence-electron chi connectivity index (χ4n) is 4.28. The minimum Gasteiger partial charge on any atom is -0.481 e. The molecule has 1 saturated heterocycles. The van der Waals surface area contributed by atoms with E-state index >= 15 is 0 Å². The van der Waals surface area contributed by atoms with Gasteiger partial charge in [0.2, 0.25) is 0 Å². The number of aliphatic carboxylic acids is 1. The van der Waals surface area contributed by atoms with Gasteiger partial charge in [0.15, 0.2) is 0 Å². The minimum absolute atomic E-state index is 0.0723. The van der Waals surface area contributed by atoms with Crippen LogP contribution in [0.5, 0.6) is 0 Å². The van der Waals surface area contributed by atoms with Crippen molar-refractivity contribution in [3.05, 3.63) is 0 Å². The lowest BCUT2D eigenvalue weighted by atomic mass is 9.81. The molecule has 118 valence electrons. The Bertz CT molecular complexity index is 458. The number of carboxylic acids is 1. The molecule has 2 aliphatic carbocycles. The van der Waals surface area contributed by atoms with Gasteiger partial charge in [-0.2, -0.15) is 0 Å². The van der Waals surface area contributed by atoms with Crippen molar-refractivity contribution < 1.29 is 14.7 Å². The van der Waals surface area contributed by atoms with Gasteiger partial charge in [0.05, 0.1) is 5.41 Å². The first-order valence-corrected chi connectivity index (χ1v) is 8.16. The Morgan fingerprint density at radius 1 is 1.33 bits per heavy atom. The first kappa shape index (κ1) is 14.7. The van der Waals surface area contributed by atoms with Crippen LogP contribution in [0.2, 0.25) is 0 Å². The van der Waals surface area contributed by atoms with E-state index in [2.05, 4.69) is 19.2 Å². The zero-order chi connectivity index (χ0) is 15.3. The maximum absolute atomic E-state index is 12.4. The second kappa shape index (κ2) is 4.89. The number of hydrogen-bond donors (Lipinski definition) is 2. The molecule has 3 fully saturated rings. The summed E-state index contributed by atoms with van der Waals surface area (Å²) in [6.07, 6.45) is 5.00. The zero-order valence-electron chi connectivity index (χ0n) is 13.0. The van der Waals surface area contributed by atoms with E-state index in [9.17, 15) is 14.7 Å². The van der Waals surface area contributed by atoms with Crippen LogP contribution in [0, 0.1) is 22.7 Å². The van der Waals surface area contributed by atoms with Crippen LogP contribution in [0.3, 0.4) is 0 Å². The average molecular weight is 294 g/mol. The van der Waals surface area contributed by atoms with E-state index in [0.29, 0.717) is 25.4 Å². The molecule has 2 amide bonds. The molecule has 0 aromatic carbocycles. The molecule has 1 aliphatic heterocycles. The second-order valence-electron chi connectivity index (χ2n) is 7.61. The Morgan fingerprint density at radius 2 is 2.05 bits per heavy atom. The Hall–Kier alpha value is -1.26. The van der Waals surface area contributed by atoms with E-state index in [-0.39, 0.29) is 17.4 Å². The van der Waals surface area contributed by atoms with Crippen LogP contribution in [0.4, 0.5) is 4.79 Å². The molecule has 1 heterocycles. The molecule has 21 heavy (non-hydrogen) atoms. The molecule has 5 heteroatoms. The van der Waals surface area contributed by atoms with Gasteiger partial charge in [0.25, 0.3) is 0 Å². The van der Waals surface area contributed by atoms with Gasteiger partial charge in [0.1, 0.15) is 0 Å². The fourth-order valence-corrected chi connectivity index (χ4v) is 4.28. The van der Waals surface area contributed by atoms with Crippen molar-refractivity contribution in [3.8, 4) is 0 Å². The van der Waals surface area contributed by atoms with E-state index in [4.69, 9.17) is 0 Å². The molecule has 3 aliphatic rings. The largest absolute Gasteiger partial charge is 0.481 e. The first-order valence-electron chi connectivity index (χ1n) is 8.16. The summed E-state index contributed by atoms with van der Waals surface area (Å²) in [5, 5.41) is 12.6. The van der Waals surface area contributed by atoms with Crippen molar-refractivity contribution in [1.82, 2.24) is 10.2 Å². The number of nitrogens with zero attached hydrogens (tertiary/aromatic N) is 1. The Morgan fingerprint density at radius 3 is 2.57 bits per heavy atom. The molecule has 0 aromatic heterocycles. The summed E-state index contributed by atoms with van der Waals surface area (Å²) in [4.78, 5) is 25.7. The first-order chi connectivity index (χ1) is 9.90. The molecule has 2 atom stereocenters. The molecule has 0 bridgehead atoms. The van der Waals surface area contributed by atoms with Crippen LogP contribution in [0.15, 0.2) is 0 Å². The van der Waals surface area contributed by atoms with Crippen molar-refractivity contribution in [3.63, 3.8) is 0 Å². The van der Waals surface area contributed by atoms with Gasteiger partial charge in [-0.1, -0.05) is 20.3 Å². The molecular weight excluding hydrogens is 268 g/mol. The van der Waals surface area contributed by atoms with Crippen LogP contribution in [0.1, 0.15) is 46.0 Å². The lowest BCUT2D eigenvalue weighted by Gasteiger charge is -2.25. The number of nitrogens with one attached hydrogen (secondary N) is 1. The second-order valence-corrected chi connectivity index (χ2v) is 7.61. The molecule has 0 unspecified atom stereocenters. The van der Waals surface area contributed by atoms with Gasteiger partial charge in [-0.05, 0) is 42.9 Å². The summed E-state index contributed by atoms with van der Waals surface area (Å²) in [6.45, 7) is 6.13. The van der Waals surface area contributed by atoms with E-state index in [1.807, 2.05) is 0 Å². The number of carbonyl (C=O) groups is 2. The van der Waals surface area contributed by atoms with Crippen molar-refractivity contribution >= 4 is 12.0 Å². The van der Waals surface area contributed by atoms with Crippen molar-refractivity contribution in [2.24, 2.45) is 22.7 Å². The third-order valence-corrected chi connectivity index (χ3v) is 6.29. The summed E-state index contributed by atoms with van der Waals surface area (Å²) in [6, 6.07) is -0.0723. The normalized spacial score (nSPS) is 33.1. The number of urea groups is 1. The zero-order valence-corrected chi connectivity index (χ0v) is 13.0. The van der Waals surface area contributed by atoms with Crippen molar-refractivity contribution in [2.45, 2.75) is 46.0 Å². The summed E-state index contributed by atoms with van der Waals surface area (Å²) < 4.78 is 0. The number of amides is 2. The van der Waals surface area contributed by atoms with Crippen molar-refractivity contribution in [2.75, 3.05) is 19.6 Å². The van der Waals surface area contributed by atoms with Crippen molar-refractivity contribution in [1.29, 1.82) is 0 Å². The van der Waals surface area contributed by atoms with Crippen LogP contribution in [-0.4, -0.2) is 41.6 Å². The van der Waals surface area contributed by atoms with Gasteiger partial charge in [-0.3, -0.25) is 4.79 Å². The molecular formula is C16H26N2O3. The van der Waals surface area contributed by atoms with Crippen LogP contribution < -0.4 is 5.32 Å². The number of likely N-dealkylation sites (tertiary alicyclic amines) is 1. The molecule has 0 radical (unpaired) electrons. The number of carbonyl (C=O) groups excluding carboxylic acids is 1. The van der Waals surface area contributed by atoms with E-state index in [0.717, 1.165) is 19.4 Å². The Labute approximate surface area is 126 Å². The third-order valence-electron chi connectivity index (χ3n) is 6.29. The molecule has 3 rings (SSSR count). The molecule has 0 aromatic rings. The molecule has 2 N–H and O–H groups in total. The van der Waals surface area contributed by atoms with Gasteiger partial charge >= 0.3 is 12.0 Å². The smallest absolute Gasteiger partial charge is 0.317 e. The molecule has 5 nitrogen and oxygen atoms in total. The maximum atomic E-state index is 12.4. The fraction of sp³-hybridized carbons (Fsp3) is 0.875. The van der Waals surface area contributed by atoms with Gasteiger partial charge in [-0.25, -0.2) is 4.79 Å². The highest BCUT2D eigenvalue weighted by Crippen LogP contribution is 2.51. The third kappa shape index (κ3) is 2.30. The van der Waals surface area contributed by atoms with Crippen LogP contribution in [-0.2, 0) is 4.79 Å². The lowest BCUT2D eigenvalue weighted by molar-refractivity contribution is -0.149. The number of fused-ring (bicyclic) bond motifs is 1. The summed E-state index contributed by atoms with van der Waals surface area (Å²) in [7, 11) is 0. The maximum Gasteiger partial charge on any atom is 0.317 e. The lowest BCUT2D eigenvalue weighted by Crippen LogP contribution is -2.43. The quantitative estimate of drug-likeness (QED) is 0.836. The predicted molar refractivity (Wildman–Crippen MR) is 78.9 cm³/mol. The predicted octanol–water partition coefficient (Wildman–Crippen LogP) is 2.32. The van der Waals surface area contributed by atoms with Gasteiger partial charge in [0, 0.05) is 19.6 Å². The summed E-state index contributed by atoms with van der Waals surface area (Å²) in [5.41, 5.74) is -0.387. The van der Waals surface area contributed by atoms with E-state index in [1.54, 1.807) is 4.90 Å². The van der Waals surface area contributed by atoms with Gasteiger partial charge < -0.3 is 15.3 Å². The highest BCUT2D eigenvalue weighted by Gasteiger charge is 2.56. The monoisotopic (exact) mass is 294 g/mol. The Kier molecular flexibility index (Phi) is 3.41. The molecule has 0 spiro atoms. The number of rotatable bonds is 4. The van der Waals surface area contributed by atoms with Crippen LogP contribution in [0.25, 0.3) is 0 Å². The number of carboxylic acid groups (broad SMARTS) is 1. The number of hydrogen-bond acceptors (Lipinski definition) is 2. The highest BCUT2D eigenvalue weighted by molar-refractivity contribution is 5.80. The minimum atomic E-state index is -0.721. The topological polar surface area (TPSA) is 69.6 Å².